The van der Waals surface area contributed by atoms with Gasteiger partial charge in [-0.05, 0) is 19.1 Å². The molecule has 0 saturated carbocycles. The van der Waals surface area contributed by atoms with Crippen molar-refractivity contribution in [2.75, 3.05) is 5.01 Å². The number of hydrogen-bond acceptors (Lipinski definition) is 2. The van der Waals surface area contributed by atoms with Crippen molar-refractivity contribution in [1.82, 2.24) is 0 Å². The van der Waals surface area contributed by atoms with E-state index >= 15 is 0 Å². The Hall–Kier alpha value is -1.64. The lowest BCUT2D eigenvalue weighted by Gasteiger charge is -2.10. The Morgan fingerprint density at radius 1 is 1.20 bits per heavy atom. The quantitative estimate of drug-likeness (QED) is 0.692. The third kappa shape index (κ3) is 2.65. The van der Waals surface area contributed by atoms with E-state index in [2.05, 4.69) is 5.10 Å². The van der Waals surface area contributed by atoms with Crippen LogP contribution in [0.4, 0.5) is 5.69 Å². The first-order valence-corrected chi connectivity index (χ1v) is 5.19. The summed E-state index contributed by atoms with van der Waals surface area (Å²) in [5.74, 6) is 0.0451. The number of para-hydroxylation sites is 1. The molecule has 0 saturated heterocycles. The maximum Gasteiger partial charge on any atom is 0.253 e. The number of hydrazone groups is 1. The number of rotatable bonds is 1. The van der Waals surface area contributed by atoms with Gasteiger partial charge in [0.25, 0.3) is 5.91 Å². The largest absolute Gasteiger partial charge is 0.272 e. The highest BCUT2D eigenvalue weighted by Crippen LogP contribution is 2.19. The lowest BCUT2D eigenvalue weighted by molar-refractivity contribution is -0.116. The summed E-state index contributed by atoms with van der Waals surface area (Å²) in [5, 5.41) is 5.59. The lowest BCUT2D eigenvalue weighted by Crippen LogP contribution is -2.19. The van der Waals surface area contributed by atoms with Gasteiger partial charge in [-0.1, -0.05) is 32.0 Å². The maximum absolute atomic E-state index is 11.4. The highest BCUT2D eigenvalue weighted by atomic mass is 16.2. The Kier molecular flexibility index (Phi) is 4.03. The fraction of sp³-hybridized carbons (Fsp3) is 0.333. The van der Waals surface area contributed by atoms with Crippen LogP contribution in [0.2, 0.25) is 0 Å². The minimum absolute atomic E-state index is 0.0451. The smallest absolute Gasteiger partial charge is 0.253 e. The van der Waals surface area contributed by atoms with E-state index in [9.17, 15) is 4.79 Å². The van der Waals surface area contributed by atoms with Gasteiger partial charge >= 0.3 is 0 Å². The number of carbonyl (C=O) groups excluding carboxylic acids is 1. The molecule has 80 valence electrons. The van der Waals surface area contributed by atoms with Crippen molar-refractivity contribution in [3.8, 4) is 0 Å². The Labute approximate surface area is 90.4 Å². The van der Waals surface area contributed by atoms with Crippen molar-refractivity contribution in [2.45, 2.75) is 27.2 Å². The zero-order valence-electron chi connectivity index (χ0n) is 9.40. The summed E-state index contributed by atoms with van der Waals surface area (Å²) in [6.45, 7) is 5.86. The number of nitrogens with zero attached hydrogens (tertiary/aromatic N) is 2. The standard InChI is InChI=1S/C10H10N2O.C2H6/c1-8-7-10(13)12(11-8)9-5-3-2-4-6-9;1-2/h2-6H,7H2,1H3;1-2H3. The molecule has 15 heavy (non-hydrogen) atoms. The molecule has 1 heterocycles. The van der Waals surface area contributed by atoms with E-state index in [1.165, 1.54) is 5.01 Å². The molecule has 1 aliphatic heterocycles. The molecule has 0 spiro atoms. The predicted molar refractivity (Wildman–Crippen MR) is 63.0 cm³/mol. The second-order valence-corrected chi connectivity index (χ2v) is 3.05. The first-order chi connectivity index (χ1) is 7.27. The van der Waals surface area contributed by atoms with E-state index < -0.39 is 0 Å². The van der Waals surface area contributed by atoms with Crippen LogP contribution in [-0.2, 0) is 4.79 Å². The van der Waals surface area contributed by atoms with Gasteiger partial charge in [0.2, 0.25) is 0 Å². The number of amides is 1. The summed E-state index contributed by atoms with van der Waals surface area (Å²) >= 11 is 0. The molecule has 0 radical (unpaired) electrons. The molecule has 1 aliphatic rings. The highest BCUT2D eigenvalue weighted by Gasteiger charge is 2.21. The van der Waals surface area contributed by atoms with E-state index in [0.29, 0.717) is 6.42 Å². The molecule has 2 rings (SSSR count). The zero-order valence-corrected chi connectivity index (χ0v) is 9.40. The highest BCUT2D eigenvalue weighted by molar-refractivity contribution is 6.12. The van der Waals surface area contributed by atoms with Crippen LogP contribution in [0, 0.1) is 0 Å². The Morgan fingerprint density at radius 3 is 2.27 bits per heavy atom. The van der Waals surface area contributed by atoms with Gasteiger partial charge in [0.05, 0.1) is 12.1 Å². The molecule has 0 atom stereocenters. The summed E-state index contributed by atoms with van der Waals surface area (Å²) in [7, 11) is 0. The average molecular weight is 204 g/mol. The van der Waals surface area contributed by atoms with E-state index in [4.69, 9.17) is 0 Å². The molecular formula is C12H16N2O. The topological polar surface area (TPSA) is 32.7 Å². The van der Waals surface area contributed by atoms with Crippen LogP contribution in [0.3, 0.4) is 0 Å². The minimum atomic E-state index is 0.0451. The van der Waals surface area contributed by atoms with E-state index in [-0.39, 0.29) is 5.91 Å². The molecule has 0 aromatic heterocycles. The van der Waals surface area contributed by atoms with Crippen LogP contribution in [0.1, 0.15) is 27.2 Å². The van der Waals surface area contributed by atoms with Crippen LogP contribution in [0.15, 0.2) is 35.4 Å². The molecule has 1 aromatic rings. The SMILES string of the molecule is CC.CC1=NN(c2ccccc2)C(=O)C1. The van der Waals surface area contributed by atoms with Crippen molar-refractivity contribution in [1.29, 1.82) is 0 Å². The van der Waals surface area contributed by atoms with Crippen LogP contribution >= 0.6 is 0 Å². The maximum atomic E-state index is 11.4. The van der Waals surface area contributed by atoms with Crippen LogP contribution in [0.5, 0.6) is 0 Å². The van der Waals surface area contributed by atoms with Gasteiger partial charge in [-0.3, -0.25) is 4.79 Å². The van der Waals surface area contributed by atoms with Crippen molar-refractivity contribution in [2.24, 2.45) is 5.10 Å². The third-order valence-corrected chi connectivity index (χ3v) is 1.91. The summed E-state index contributed by atoms with van der Waals surface area (Å²) in [5.41, 5.74) is 1.71. The number of hydrogen-bond donors (Lipinski definition) is 0. The molecule has 1 amide bonds. The second-order valence-electron chi connectivity index (χ2n) is 3.05. The third-order valence-electron chi connectivity index (χ3n) is 1.91. The number of carbonyl (C=O) groups is 1. The van der Waals surface area contributed by atoms with Crippen molar-refractivity contribution in [3.63, 3.8) is 0 Å². The molecule has 1 aromatic carbocycles. The number of benzene rings is 1. The number of anilines is 1. The first kappa shape index (κ1) is 11.4. The molecule has 0 N–H and O–H groups in total. The Balaban J connectivity index is 0.000000531. The molecule has 0 bridgehead atoms. The molecule has 0 unspecified atom stereocenters. The van der Waals surface area contributed by atoms with Crippen LogP contribution in [-0.4, -0.2) is 11.6 Å². The van der Waals surface area contributed by atoms with Gasteiger partial charge in [-0.25, -0.2) is 5.01 Å². The zero-order chi connectivity index (χ0) is 11.3. The monoisotopic (exact) mass is 204 g/mol. The first-order valence-electron chi connectivity index (χ1n) is 5.19. The molecule has 0 aliphatic carbocycles. The van der Waals surface area contributed by atoms with Crippen molar-refractivity contribution in [3.05, 3.63) is 30.3 Å². The summed E-state index contributed by atoms with van der Waals surface area (Å²) in [6, 6.07) is 9.46. The average Bonchev–Trinajstić information content (AvgIpc) is 2.62. The predicted octanol–water partition coefficient (Wildman–Crippen LogP) is 2.83. The van der Waals surface area contributed by atoms with Crippen LogP contribution < -0.4 is 5.01 Å². The molecule has 0 fully saturated rings. The van der Waals surface area contributed by atoms with Gasteiger partial charge < -0.3 is 0 Å². The van der Waals surface area contributed by atoms with Gasteiger partial charge in [0.1, 0.15) is 0 Å². The Morgan fingerprint density at radius 2 is 1.80 bits per heavy atom. The fourth-order valence-corrected chi connectivity index (χ4v) is 1.33. The van der Waals surface area contributed by atoms with E-state index in [1.807, 2.05) is 51.1 Å². The fourth-order valence-electron chi connectivity index (χ4n) is 1.33. The molecule has 3 heteroatoms. The van der Waals surface area contributed by atoms with Crippen molar-refractivity contribution >= 4 is 17.3 Å². The molecule has 3 nitrogen and oxygen atoms in total. The summed E-state index contributed by atoms with van der Waals surface area (Å²) < 4.78 is 0. The second kappa shape index (κ2) is 5.29. The van der Waals surface area contributed by atoms with Crippen LogP contribution in [0.25, 0.3) is 0 Å². The van der Waals surface area contributed by atoms with Gasteiger partial charge in [-0.2, -0.15) is 5.10 Å². The normalized spacial score (nSPS) is 14.5. The summed E-state index contributed by atoms with van der Waals surface area (Å²) in [6.07, 6.45) is 0.439. The van der Waals surface area contributed by atoms with E-state index in [0.717, 1.165) is 11.4 Å². The minimum Gasteiger partial charge on any atom is -0.272 e. The lowest BCUT2D eigenvalue weighted by atomic mass is 10.3. The van der Waals surface area contributed by atoms with E-state index in [1.54, 1.807) is 0 Å². The van der Waals surface area contributed by atoms with Gasteiger partial charge in [0, 0.05) is 5.71 Å². The van der Waals surface area contributed by atoms with Gasteiger partial charge in [0.15, 0.2) is 0 Å². The Bertz CT molecular complexity index is 357. The van der Waals surface area contributed by atoms with Gasteiger partial charge in [-0.15, -0.1) is 0 Å². The molecular weight excluding hydrogens is 188 g/mol. The summed E-state index contributed by atoms with van der Waals surface area (Å²) in [4.78, 5) is 11.4. The van der Waals surface area contributed by atoms with Crippen molar-refractivity contribution < 1.29 is 4.79 Å².